The van der Waals surface area contributed by atoms with Gasteiger partial charge >= 0.3 is 0 Å². The molecule has 0 aliphatic rings. The van der Waals surface area contributed by atoms with Crippen molar-refractivity contribution < 1.29 is 0 Å². The van der Waals surface area contributed by atoms with Gasteiger partial charge in [0.15, 0.2) is 0 Å². The molecule has 0 fully saturated rings. The summed E-state index contributed by atoms with van der Waals surface area (Å²) in [4.78, 5) is 2.17. The van der Waals surface area contributed by atoms with E-state index >= 15 is 0 Å². The molecule has 0 heterocycles. The van der Waals surface area contributed by atoms with Gasteiger partial charge in [0.1, 0.15) is 0 Å². The molecule has 0 saturated carbocycles. The molecule has 2 heteroatoms. The van der Waals surface area contributed by atoms with E-state index in [4.69, 9.17) is 0 Å². The minimum absolute atomic E-state index is 1.06. The maximum absolute atomic E-state index is 3.84. The summed E-state index contributed by atoms with van der Waals surface area (Å²) < 4.78 is 0. The fourth-order valence-electron chi connectivity index (χ4n) is 0.729. The lowest BCUT2D eigenvalue weighted by molar-refractivity contribution is 0.401. The molecule has 0 aliphatic heterocycles. The Morgan fingerprint density at radius 3 is 2.45 bits per heavy atom. The van der Waals surface area contributed by atoms with Gasteiger partial charge in [0.05, 0.1) is 0 Å². The van der Waals surface area contributed by atoms with Gasteiger partial charge in [0, 0.05) is 13.1 Å². The van der Waals surface area contributed by atoms with E-state index in [2.05, 4.69) is 37.8 Å². The van der Waals surface area contributed by atoms with Crippen LogP contribution in [0.15, 0.2) is 12.2 Å². The van der Waals surface area contributed by atoms with Crippen molar-refractivity contribution in [2.45, 2.75) is 13.3 Å². The molecule has 0 radical (unpaired) electrons. The molecule has 0 aromatic heterocycles. The molecule has 0 bridgehead atoms. The maximum Gasteiger partial charge on any atom is 0.0101 e. The monoisotopic (exact) mass is 156 g/mol. The fourth-order valence-corrected chi connectivity index (χ4v) is 0.729. The minimum atomic E-state index is 1.06. The van der Waals surface area contributed by atoms with Crippen LogP contribution >= 0.6 is 0 Å². The number of rotatable bonds is 6. The van der Waals surface area contributed by atoms with Gasteiger partial charge in [-0.2, -0.15) is 0 Å². The van der Waals surface area contributed by atoms with E-state index in [0.717, 1.165) is 26.1 Å². The van der Waals surface area contributed by atoms with Gasteiger partial charge in [-0.25, -0.2) is 0 Å². The lowest BCUT2D eigenvalue weighted by Gasteiger charge is -2.09. The Bertz CT molecular complexity index is 108. The van der Waals surface area contributed by atoms with Gasteiger partial charge in [-0.15, -0.1) is 6.58 Å². The lowest BCUT2D eigenvalue weighted by Crippen LogP contribution is -2.27. The summed E-state index contributed by atoms with van der Waals surface area (Å²) in [6.07, 6.45) is 1.09. The van der Waals surface area contributed by atoms with Crippen LogP contribution in [-0.4, -0.2) is 38.6 Å². The number of likely N-dealkylation sites (N-methyl/N-ethyl adjacent to an activating group) is 1. The van der Waals surface area contributed by atoms with Crippen molar-refractivity contribution in [3.63, 3.8) is 0 Å². The van der Waals surface area contributed by atoms with E-state index < -0.39 is 0 Å². The Kier molecular flexibility index (Phi) is 6.18. The van der Waals surface area contributed by atoms with Crippen LogP contribution in [0.25, 0.3) is 0 Å². The Labute approximate surface area is 70.3 Å². The number of nitrogens with zero attached hydrogens (tertiary/aromatic N) is 1. The maximum atomic E-state index is 3.84. The third-order valence-electron chi connectivity index (χ3n) is 1.46. The third-order valence-corrected chi connectivity index (χ3v) is 1.46. The van der Waals surface area contributed by atoms with Crippen molar-refractivity contribution in [2.24, 2.45) is 0 Å². The van der Waals surface area contributed by atoms with E-state index in [0.29, 0.717) is 0 Å². The molecule has 0 unspecified atom stereocenters. The molecule has 66 valence electrons. The van der Waals surface area contributed by atoms with Crippen LogP contribution in [0.1, 0.15) is 13.3 Å². The lowest BCUT2D eigenvalue weighted by atomic mass is 10.2. The molecule has 1 N–H and O–H groups in total. The Balaban J connectivity index is 2.97. The molecule has 2 nitrogen and oxygen atoms in total. The van der Waals surface area contributed by atoms with Crippen LogP contribution in [0.5, 0.6) is 0 Å². The highest BCUT2D eigenvalue weighted by Gasteiger charge is 1.89. The summed E-state index contributed by atoms with van der Waals surface area (Å²) in [6, 6.07) is 0. The van der Waals surface area contributed by atoms with Gasteiger partial charge in [-0.05, 0) is 34.0 Å². The molecule has 11 heavy (non-hydrogen) atoms. The zero-order valence-corrected chi connectivity index (χ0v) is 7.98. The summed E-state index contributed by atoms with van der Waals surface area (Å²) in [6.45, 7) is 9.14. The summed E-state index contributed by atoms with van der Waals surface area (Å²) in [5, 5.41) is 3.35. The average Bonchev–Trinajstić information content (AvgIpc) is 1.85. The largest absolute Gasteiger partial charge is 0.315 e. The molecule has 0 aliphatic carbocycles. The molecular weight excluding hydrogens is 136 g/mol. The van der Waals surface area contributed by atoms with Crippen LogP contribution in [0.3, 0.4) is 0 Å². The van der Waals surface area contributed by atoms with Crippen molar-refractivity contribution >= 4 is 0 Å². The molecule has 0 aromatic rings. The second kappa shape index (κ2) is 6.38. The highest BCUT2D eigenvalue weighted by atomic mass is 15.1. The third kappa shape index (κ3) is 9.66. The molecule has 0 aromatic carbocycles. The van der Waals surface area contributed by atoms with Crippen molar-refractivity contribution in [1.29, 1.82) is 0 Å². The first-order valence-electron chi connectivity index (χ1n) is 4.12. The van der Waals surface area contributed by atoms with Gasteiger partial charge in [0.25, 0.3) is 0 Å². The van der Waals surface area contributed by atoms with Gasteiger partial charge in [0.2, 0.25) is 0 Å². The summed E-state index contributed by atoms with van der Waals surface area (Å²) in [5.41, 5.74) is 1.25. The Morgan fingerprint density at radius 2 is 2.00 bits per heavy atom. The smallest absolute Gasteiger partial charge is 0.0101 e. The predicted octanol–water partition coefficient (Wildman–Crippen LogP) is 1.10. The molecule has 0 atom stereocenters. The summed E-state index contributed by atoms with van der Waals surface area (Å²) >= 11 is 0. The van der Waals surface area contributed by atoms with E-state index in [-0.39, 0.29) is 0 Å². The zero-order valence-electron chi connectivity index (χ0n) is 7.98. The van der Waals surface area contributed by atoms with Crippen LogP contribution < -0.4 is 5.32 Å². The zero-order chi connectivity index (χ0) is 8.69. The predicted molar refractivity (Wildman–Crippen MR) is 50.9 cm³/mol. The van der Waals surface area contributed by atoms with E-state index in [1.807, 2.05) is 0 Å². The molecule has 0 amide bonds. The van der Waals surface area contributed by atoms with E-state index in [1.165, 1.54) is 5.57 Å². The number of nitrogens with one attached hydrogen (secondary N) is 1. The van der Waals surface area contributed by atoms with Crippen LogP contribution in [-0.2, 0) is 0 Å². The second-order valence-electron chi connectivity index (χ2n) is 3.26. The quantitative estimate of drug-likeness (QED) is 0.458. The number of hydrogen-bond donors (Lipinski definition) is 1. The van der Waals surface area contributed by atoms with E-state index in [9.17, 15) is 0 Å². The van der Waals surface area contributed by atoms with Gasteiger partial charge in [-0.3, -0.25) is 0 Å². The van der Waals surface area contributed by atoms with Crippen molar-refractivity contribution in [3.05, 3.63) is 12.2 Å². The van der Waals surface area contributed by atoms with Gasteiger partial charge in [-0.1, -0.05) is 5.57 Å². The topological polar surface area (TPSA) is 15.3 Å². The molecular formula is C9H20N2. The average molecular weight is 156 g/mol. The Morgan fingerprint density at radius 1 is 1.36 bits per heavy atom. The van der Waals surface area contributed by atoms with Crippen molar-refractivity contribution in [3.8, 4) is 0 Å². The standard InChI is InChI=1S/C9H20N2/c1-9(2)5-6-10-7-8-11(3)4/h10H,1,5-8H2,2-4H3. The normalized spacial score (nSPS) is 10.5. The highest BCUT2D eigenvalue weighted by molar-refractivity contribution is 4.88. The Hall–Kier alpha value is -0.340. The van der Waals surface area contributed by atoms with E-state index in [1.54, 1.807) is 0 Å². The fraction of sp³-hybridized carbons (Fsp3) is 0.778. The first-order chi connectivity index (χ1) is 5.13. The minimum Gasteiger partial charge on any atom is -0.315 e. The first kappa shape index (κ1) is 10.7. The van der Waals surface area contributed by atoms with Crippen molar-refractivity contribution in [1.82, 2.24) is 10.2 Å². The molecule has 0 saturated heterocycles. The molecule has 0 spiro atoms. The first-order valence-corrected chi connectivity index (χ1v) is 4.12. The van der Waals surface area contributed by atoms with Crippen LogP contribution in [0.2, 0.25) is 0 Å². The number of hydrogen-bond acceptors (Lipinski definition) is 2. The SMILES string of the molecule is C=C(C)CCNCCN(C)C. The van der Waals surface area contributed by atoms with Gasteiger partial charge < -0.3 is 10.2 Å². The highest BCUT2D eigenvalue weighted by Crippen LogP contribution is 1.91. The van der Waals surface area contributed by atoms with Crippen LogP contribution in [0, 0.1) is 0 Å². The summed E-state index contributed by atoms with van der Waals surface area (Å²) in [7, 11) is 4.17. The van der Waals surface area contributed by atoms with Crippen molar-refractivity contribution in [2.75, 3.05) is 33.7 Å². The molecule has 0 rings (SSSR count). The van der Waals surface area contributed by atoms with Crippen LogP contribution in [0.4, 0.5) is 0 Å². The second-order valence-corrected chi connectivity index (χ2v) is 3.26. The summed E-state index contributed by atoms with van der Waals surface area (Å²) in [5.74, 6) is 0.